The number of methoxy groups -OCH3 is 3. The molecule has 0 fully saturated rings. The number of phenolic OH excluding ortho intramolecular Hbond substituents is 1. The molecule has 3 rings (SSSR count). The van der Waals surface area contributed by atoms with Crippen LogP contribution in [0.1, 0.15) is 17.0 Å². The number of hydrogen-bond donors (Lipinski definition) is 1. The van der Waals surface area contributed by atoms with Crippen molar-refractivity contribution in [2.24, 2.45) is 0 Å². The molecule has 1 heterocycles. The number of nitrogens with zero attached hydrogens (tertiary/aromatic N) is 1. The first-order valence-electron chi connectivity index (χ1n) is 9.35. The van der Waals surface area contributed by atoms with Crippen LogP contribution in [0, 0.1) is 5.82 Å². The first kappa shape index (κ1) is 21.9. The van der Waals surface area contributed by atoms with E-state index in [9.17, 15) is 19.1 Å². The highest BCUT2D eigenvalue weighted by atomic mass is 19.1. The molecule has 0 saturated heterocycles. The predicted octanol–water partition coefficient (Wildman–Crippen LogP) is 3.25. The molecule has 162 valence electrons. The average molecular weight is 427 g/mol. The smallest absolute Gasteiger partial charge is 0.336 e. The van der Waals surface area contributed by atoms with E-state index >= 15 is 0 Å². The summed E-state index contributed by atoms with van der Waals surface area (Å²) in [4.78, 5) is 26.9. The molecule has 0 saturated carbocycles. The largest absolute Gasteiger partial charge is 0.504 e. The number of hydrogen-bond acceptors (Lipinski definition) is 7. The van der Waals surface area contributed by atoms with Crippen molar-refractivity contribution in [3.8, 4) is 11.5 Å². The molecule has 0 unspecified atom stereocenters. The second-order valence-electron chi connectivity index (χ2n) is 6.82. The van der Waals surface area contributed by atoms with Gasteiger partial charge in [0.15, 0.2) is 11.5 Å². The summed E-state index contributed by atoms with van der Waals surface area (Å²) < 4.78 is 28.2. The minimum absolute atomic E-state index is 0.137. The molecule has 1 N–H and O–H groups in total. The number of aromatic hydroxyl groups is 1. The minimum Gasteiger partial charge on any atom is -0.504 e. The molecule has 0 spiro atoms. The van der Waals surface area contributed by atoms with Gasteiger partial charge in [-0.15, -0.1) is 0 Å². The van der Waals surface area contributed by atoms with Gasteiger partial charge in [0, 0.05) is 18.9 Å². The van der Waals surface area contributed by atoms with Crippen molar-refractivity contribution in [2.75, 3.05) is 21.3 Å². The maximum atomic E-state index is 13.2. The number of halogens is 1. The van der Waals surface area contributed by atoms with Crippen LogP contribution in [0.4, 0.5) is 4.39 Å². The van der Waals surface area contributed by atoms with Crippen LogP contribution in [0.3, 0.4) is 0 Å². The molecule has 7 nitrogen and oxygen atoms in total. The molecule has 8 heteroatoms. The molecule has 0 radical (unpaired) electrons. The Balaban J connectivity index is 2.08. The number of ether oxygens (including phenoxy) is 3. The topological polar surface area (TPSA) is 85.3 Å². The summed E-state index contributed by atoms with van der Waals surface area (Å²) >= 11 is 0. The fraction of sp³-hybridized carbons (Fsp3) is 0.217. The normalized spacial score (nSPS) is 13.9. The van der Waals surface area contributed by atoms with E-state index in [-0.39, 0.29) is 35.0 Å². The van der Waals surface area contributed by atoms with E-state index < -0.39 is 17.9 Å². The molecular formula is C23H22FNO6. The van der Waals surface area contributed by atoms with Crippen LogP contribution in [0.25, 0.3) is 0 Å². The van der Waals surface area contributed by atoms with E-state index in [4.69, 9.17) is 14.2 Å². The van der Waals surface area contributed by atoms with Gasteiger partial charge in [-0.05, 0) is 35.4 Å². The van der Waals surface area contributed by atoms with E-state index in [2.05, 4.69) is 0 Å². The Bertz CT molecular complexity index is 1010. The van der Waals surface area contributed by atoms with Crippen LogP contribution < -0.4 is 4.74 Å². The first-order chi connectivity index (χ1) is 14.9. The van der Waals surface area contributed by atoms with Gasteiger partial charge in [-0.2, -0.15) is 0 Å². The molecule has 31 heavy (non-hydrogen) atoms. The van der Waals surface area contributed by atoms with Gasteiger partial charge in [-0.25, -0.2) is 14.0 Å². The summed E-state index contributed by atoms with van der Waals surface area (Å²) in [6.45, 7) is 0.280. The third-order valence-corrected chi connectivity index (χ3v) is 4.89. The van der Waals surface area contributed by atoms with Crippen LogP contribution in [-0.2, 0) is 25.6 Å². The Morgan fingerprint density at radius 3 is 2.03 bits per heavy atom. The summed E-state index contributed by atoms with van der Waals surface area (Å²) in [5.41, 5.74) is 1.60. The Morgan fingerprint density at radius 1 is 0.968 bits per heavy atom. The molecule has 0 aliphatic carbocycles. The fourth-order valence-electron chi connectivity index (χ4n) is 3.43. The molecular weight excluding hydrogens is 405 g/mol. The van der Waals surface area contributed by atoms with Crippen molar-refractivity contribution >= 4 is 11.9 Å². The lowest BCUT2D eigenvalue weighted by atomic mass is 9.83. The van der Waals surface area contributed by atoms with Crippen LogP contribution in [0.15, 0.2) is 66.0 Å². The van der Waals surface area contributed by atoms with Crippen molar-refractivity contribution in [1.29, 1.82) is 0 Å². The first-order valence-corrected chi connectivity index (χ1v) is 9.35. The zero-order valence-corrected chi connectivity index (χ0v) is 17.3. The summed E-state index contributed by atoms with van der Waals surface area (Å²) in [5.74, 6) is -2.36. The van der Waals surface area contributed by atoms with E-state index in [0.29, 0.717) is 5.56 Å². The number of carbonyl (C=O) groups excluding carboxylic acids is 2. The maximum Gasteiger partial charge on any atom is 0.336 e. The van der Waals surface area contributed by atoms with E-state index in [1.807, 2.05) is 0 Å². The number of benzene rings is 2. The van der Waals surface area contributed by atoms with Crippen LogP contribution in [0.2, 0.25) is 0 Å². The quantitative estimate of drug-likeness (QED) is 0.709. The van der Waals surface area contributed by atoms with Crippen molar-refractivity contribution in [1.82, 2.24) is 4.90 Å². The number of phenols is 1. The zero-order chi connectivity index (χ0) is 22.5. The van der Waals surface area contributed by atoms with E-state index in [1.165, 1.54) is 39.5 Å². The Labute approximate surface area is 179 Å². The second-order valence-corrected chi connectivity index (χ2v) is 6.82. The maximum absolute atomic E-state index is 13.2. The van der Waals surface area contributed by atoms with Crippen molar-refractivity contribution < 1.29 is 33.3 Å². The van der Waals surface area contributed by atoms with E-state index in [0.717, 1.165) is 5.56 Å². The second kappa shape index (κ2) is 9.34. The highest BCUT2D eigenvalue weighted by Crippen LogP contribution is 2.40. The SMILES string of the molecule is COC(=O)C1=CN(Cc2ccc(F)cc2)C=C(C(=O)OC)C1c1ccc(OC)c(O)c1. The van der Waals surface area contributed by atoms with E-state index in [1.54, 1.807) is 41.6 Å². The molecule has 0 amide bonds. The average Bonchev–Trinajstić information content (AvgIpc) is 2.78. The number of carbonyl (C=O) groups is 2. The van der Waals surface area contributed by atoms with Crippen molar-refractivity contribution in [3.05, 3.63) is 83.0 Å². The summed E-state index contributed by atoms with van der Waals surface area (Å²) in [6, 6.07) is 10.5. The Morgan fingerprint density at radius 2 is 1.55 bits per heavy atom. The number of rotatable bonds is 6. The fourth-order valence-corrected chi connectivity index (χ4v) is 3.43. The molecule has 0 aromatic heterocycles. The molecule has 1 aliphatic rings. The third kappa shape index (κ3) is 4.69. The lowest BCUT2D eigenvalue weighted by molar-refractivity contribution is -0.137. The van der Waals surface area contributed by atoms with Crippen LogP contribution in [-0.4, -0.2) is 43.3 Å². The molecule has 0 bridgehead atoms. The molecule has 2 aromatic rings. The highest BCUT2D eigenvalue weighted by molar-refractivity contribution is 5.98. The standard InChI is InChI=1S/C23H22FNO6/c1-29-20-9-6-15(10-19(20)26)21-17(22(27)30-2)12-25(13-18(21)23(28)31-3)11-14-4-7-16(24)8-5-14/h4-10,12-13,21,26H,11H2,1-3H3. The molecule has 1 aliphatic heterocycles. The monoisotopic (exact) mass is 427 g/mol. The molecule has 2 aromatic carbocycles. The summed E-state index contributed by atoms with van der Waals surface area (Å²) in [5, 5.41) is 10.2. The Kier molecular flexibility index (Phi) is 6.59. The van der Waals surface area contributed by atoms with Gasteiger partial charge in [0.2, 0.25) is 0 Å². The van der Waals surface area contributed by atoms with Gasteiger partial charge in [-0.1, -0.05) is 18.2 Å². The van der Waals surface area contributed by atoms with Gasteiger partial charge >= 0.3 is 11.9 Å². The lowest BCUT2D eigenvalue weighted by Gasteiger charge is -2.30. The molecule has 0 atom stereocenters. The summed E-state index contributed by atoms with van der Waals surface area (Å²) in [6.07, 6.45) is 3.13. The zero-order valence-electron chi connectivity index (χ0n) is 17.3. The Hall–Kier alpha value is -3.81. The minimum atomic E-state index is -0.832. The van der Waals surface area contributed by atoms with Crippen molar-refractivity contribution in [3.63, 3.8) is 0 Å². The number of esters is 2. The van der Waals surface area contributed by atoms with Crippen molar-refractivity contribution in [2.45, 2.75) is 12.5 Å². The predicted molar refractivity (Wildman–Crippen MR) is 110 cm³/mol. The third-order valence-electron chi connectivity index (χ3n) is 4.89. The van der Waals surface area contributed by atoms with Crippen LogP contribution in [0.5, 0.6) is 11.5 Å². The van der Waals surface area contributed by atoms with Crippen LogP contribution >= 0.6 is 0 Å². The van der Waals surface area contributed by atoms with Gasteiger partial charge in [0.1, 0.15) is 5.82 Å². The van der Waals surface area contributed by atoms with Gasteiger partial charge < -0.3 is 24.2 Å². The van der Waals surface area contributed by atoms with Gasteiger partial charge in [0.05, 0.1) is 38.4 Å². The lowest BCUT2D eigenvalue weighted by Crippen LogP contribution is -2.28. The van der Waals surface area contributed by atoms with Gasteiger partial charge in [-0.3, -0.25) is 0 Å². The van der Waals surface area contributed by atoms with Gasteiger partial charge in [0.25, 0.3) is 0 Å². The highest BCUT2D eigenvalue weighted by Gasteiger charge is 2.35. The summed E-state index contributed by atoms with van der Waals surface area (Å²) in [7, 11) is 3.90.